The van der Waals surface area contributed by atoms with Crippen LogP contribution in [-0.2, 0) is 6.42 Å². The first-order chi connectivity index (χ1) is 9.91. The summed E-state index contributed by atoms with van der Waals surface area (Å²) in [6.07, 6.45) is 3.46. The molecule has 1 atom stereocenters. The van der Waals surface area contributed by atoms with E-state index in [1.165, 1.54) is 0 Å². The van der Waals surface area contributed by atoms with E-state index in [2.05, 4.69) is 43.2 Å². The Kier molecular flexibility index (Phi) is 4.83. The molecule has 2 heterocycles. The molecule has 0 aliphatic carbocycles. The molecular formula is C16H25N3O2. The minimum Gasteiger partial charge on any atom is -0.461 e. The monoisotopic (exact) mass is 291 g/mol. The van der Waals surface area contributed by atoms with Crippen LogP contribution in [0.3, 0.4) is 0 Å². The number of hydrogen-bond acceptors (Lipinski definition) is 5. The Balaban J connectivity index is 2.11. The van der Waals surface area contributed by atoms with Gasteiger partial charge in [-0.3, -0.25) is 0 Å². The average molecular weight is 291 g/mol. The van der Waals surface area contributed by atoms with E-state index in [9.17, 15) is 0 Å². The van der Waals surface area contributed by atoms with E-state index in [0.29, 0.717) is 23.5 Å². The standard InChI is InChI=1S/C16H25N3O2/c1-6-8-17-12(16(3,4)5)10-13-18-15(19-21-13)14-11(2)7-9-20-14/h7,9,12,17H,6,8,10H2,1-5H3. The molecule has 0 aromatic carbocycles. The molecule has 0 saturated carbocycles. The third kappa shape index (κ3) is 3.94. The molecule has 116 valence electrons. The van der Waals surface area contributed by atoms with Crippen LogP contribution in [0.25, 0.3) is 11.6 Å². The second kappa shape index (κ2) is 6.43. The summed E-state index contributed by atoms with van der Waals surface area (Å²) in [4.78, 5) is 4.46. The normalized spacial score (nSPS) is 13.6. The van der Waals surface area contributed by atoms with Crippen LogP contribution in [0.5, 0.6) is 0 Å². The summed E-state index contributed by atoms with van der Waals surface area (Å²) in [6, 6.07) is 2.19. The Bertz CT molecular complexity index is 566. The van der Waals surface area contributed by atoms with Crippen molar-refractivity contribution in [3.8, 4) is 11.6 Å². The maximum Gasteiger partial charge on any atom is 0.238 e. The van der Waals surface area contributed by atoms with Gasteiger partial charge in [0.15, 0.2) is 5.76 Å². The molecule has 0 aliphatic heterocycles. The zero-order valence-corrected chi connectivity index (χ0v) is 13.6. The van der Waals surface area contributed by atoms with Crippen molar-refractivity contribution in [3.63, 3.8) is 0 Å². The summed E-state index contributed by atoms with van der Waals surface area (Å²) >= 11 is 0. The van der Waals surface area contributed by atoms with Gasteiger partial charge in [0.2, 0.25) is 11.7 Å². The van der Waals surface area contributed by atoms with Crippen molar-refractivity contribution >= 4 is 0 Å². The molecular weight excluding hydrogens is 266 g/mol. The maximum absolute atomic E-state index is 5.40. The highest BCUT2D eigenvalue weighted by Gasteiger charge is 2.26. The lowest BCUT2D eigenvalue weighted by Gasteiger charge is -2.30. The predicted octanol–water partition coefficient (Wildman–Crippen LogP) is 3.59. The van der Waals surface area contributed by atoms with E-state index < -0.39 is 0 Å². The van der Waals surface area contributed by atoms with Crippen LogP contribution in [0, 0.1) is 12.3 Å². The molecule has 0 saturated heterocycles. The van der Waals surface area contributed by atoms with Crippen molar-refractivity contribution in [2.75, 3.05) is 6.54 Å². The molecule has 0 bridgehead atoms. The van der Waals surface area contributed by atoms with Crippen LogP contribution in [0.4, 0.5) is 0 Å². The first-order valence-corrected chi connectivity index (χ1v) is 7.52. The summed E-state index contributed by atoms with van der Waals surface area (Å²) in [5.41, 5.74) is 1.14. The Morgan fingerprint density at radius 2 is 2.10 bits per heavy atom. The topological polar surface area (TPSA) is 64.1 Å². The first kappa shape index (κ1) is 15.8. The van der Waals surface area contributed by atoms with Gasteiger partial charge in [0.1, 0.15) is 0 Å². The third-order valence-electron chi connectivity index (χ3n) is 3.60. The second-order valence-corrected chi connectivity index (χ2v) is 6.52. The van der Waals surface area contributed by atoms with Gasteiger partial charge in [0.25, 0.3) is 0 Å². The van der Waals surface area contributed by atoms with Crippen LogP contribution >= 0.6 is 0 Å². The van der Waals surface area contributed by atoms with Crippen molar-refractivity contribution in [3.05, 3.63) is 23.8 Å². The number of rotatable bonds is 6. The largest absolute Gasteiger partial charge is 0.461 e. The van der Waals surface area contributed by atoms with Crippen LogP contribution in [0.15, 0.2) is 21.3 Å². The van der Waals surface area contributed by atoms with Gasteiger partial charge in [-0.2, -0.15) is 4.98 Å². The van der Waals surface area contributed by atoms with E-state index in [4.69, 9.17) is 8.94 Å². The Hall–Kier alpha value is -1.62. The summed E-state index contributed by atoms with van der Waals surface area (Å²) < 4.78 is 10.8. The summed E-state index contributed by atoms with van der Waals surface area (Å²) in [7, 11) is 0. The smallest absolute Gasteiger partial charge is 0.238 e. The van der Waals surface area contributed by atoms with E-state index in [-0.39, 0.29) is 5.41 Å². The molecule has 2 aromatic rings. The Morgan fingerprint density at radius 1 is 1.33 bits per heavy atom. The van der Waals surface area contributed by atoms with Crippen LogP contribution in [0.2, 0.25) is 0 Å². The number of aryl methyl sites for hydroxylation is 1. The van der Waals surface area contributed by atoms with Gasteiger partial charge in [-0.1, -0.05) is 32.9 Å². The molecule has 0 spiro atoms. The lowest BCUT2D eigenvalue weighted by Crippen LogP contribution is -2.42. The minimum absolute atomic E-state index is 0.129. The van der Waals surface area contributed by atoms with Gasteiger partial charge in [-0.15, -0.1) is 0 Å². The fourth-order valence-electron chi connectivity index (χ4n) is 2.21. The number of hydrogen-bond donors (Lipinski definition) is 1. The summed E-state index contributed by atoms with van der Waals surface area (Å²) in [6.45, 7) is 11.8. The molecule has 5 heteroatoms. The lowest BCUT2D eigenvalue weighted by molar-refractivity contribution is 0.244. The molecule has 0 fully saturated rings. The first-order valence-electron chi connectivity index (χ1n) is 7.52. The molecule has 0 amide bonds. The van der Waals surface area contributed by atoms with Gasteiger partial charge < -0.3 is 14.3 Å². The highest BCUT2D eigenvalue weighted by Crippen LogP contribution is 2.25. The van der Waals surface area contributed by atoms with Gasteiger partial charge in [-0.25, -0.2) is 0 Å². The third-order valence-corrected chi connectivity index (χ3v) is 3.60. The zero-order valence-electron chi connectivity index (χ0n) is 13.6. The minimum atomic E-state index is 0.129. The van der Waals surface area contributed by atoms with Crippen molar-refractivity contribution in [1.29, 1.82) is 0 Å². The molecule has 0 radical (unpaired) electrons. The molecule has 5 nitrogen and oxygen atoms in total. The predicted molar refractivity (Wildman–Crippen MR) is 82.0 cm³/mol. The van der Waals surface area contributed by atoms with E-state index >= 15 is 0 Å². The second-order valence-electron chi connectivity index (χ2n) is 6.52. The maximum atomic E-state index is 5.40. The average Bonchev–Trinajstić information content (AvgIpc) is 3.01. The lowest BCUT2D eigenvalue weighted by atomic mass is 9.84. The van der Waals surface area contributed by atoms with Crippen molar-refractivity contribution in [2.45, 2.75) is 53.5 Å². The van der Waals surface area contributed by atoms with E-state index in [0.717, 1.165) is 24.9 Å². The quantitative estimate of drug-likeness (QED) is 0.881. The Labute approximate surface area is 126 Å². The molecule has 21 heavy (non-hydrogen) atoms. The summed E-state index contributed by atoms with van der Waals surface area (Å²) in [5, 5.41) is 7.59. The van der Waals surface area contributed by atoms with Gasteiger partial charge in [-0.05, 0) is 36.9 Å². The van der Waals surface area contributed by atoms with Crippen molar-refractivity contribution in [1.82, 2.24) is 15.5 Å². The Morgan fingerprint density at radius 3 is 2.67 bits per heavy atom. The SMILES string of the molecule is CCCNC(Cc1nc(-c2occc2C)no1)C(C)(C)C. The number of furan rings is 1. The highest BCUT2D eigenvalue weighted by atomic mass is 16.5. The molecule has 2 rings (SSSR count). The van der Waals surface area contributed by atoms with Crippen LogP contribution < -0.4 is 5.32 Å². The van der Waals surface area contributed by atoms with Gasteiger partial charge >= 0.3 is 0 Å². The van der Waals surface area contributed by atoms with Crippen LogP contribution in [-0.4, -0.2) is 22.7 Å². The zero-order chi connectivity index (χ0) is 15.5. The fraction of sp³-hybridized carbons (Fsp3) is 0.625. The van der Waals surface area contributed by atoms with Gasteiger partial charge in [0, 0.05) is 12.5 Å². The summed E-state index contributed by atoms with van der Waals surface area (Å²) in [5.74, 6) is 1.85. The van der Waals surface area contributed by atoms with E-state index in [1.54, 1.807) is 6.26 Å². The molecule has 1 N–H and O–H groups in total. The van der Waals surface area contributed by atoms with E-state index in [1.807, 2.05) is 13.0 Å². The molecule has 2 aromatic heterocycles. The molecule has 0 aliphatic rings. The number of nitrogens with zero attached hydrogens (tertiary/aromatic N) is 2. The van der Waals surface area contributed by atoms with Crippen molar-refractivity contribution < 1.29 is 8.94 Å². The van der Waals surface area contributed by atoms with Crippen LogP contribution in [0.1, 0.15) is 45.6 Å². The number of nitrogens with one attached hydrogen (secondary N) is 1. The van der Waals surface area contributed by atoms with Gasteiger partial charge in [0.05, 0.1) is 6.26 Å². The fourth-order valence-corrected chi connectivity index (χ4v) is 2.21. The highest BCUT2D eigenvalue weighted by molar-refractivity contribution is 5.50. The molecule has 1 unspecified atom stereocenters. The number of aromatic nitrogens is 2. The van der Waals surface area contributed by atoms with Crippen molar-refractivity contribution in [2.24, 2.45) is 5.41 Å².